The Balaban J connectivity index is -0.000000605. The quantitative estimate of drug-likeness (QED) is 0.239. The van der Waals surface area contributed by atoms with Crippen LogP contribution in [0.4, 0.5) is 0 Å². The van der Waals surface area contributed by atoms with Gasteiger partial charge in [-0.15, -0.1) is 0 Å². The third kappa shape index (κ3) is 2.41. The standard InChI is InChI=1S/3NO2.NO.2H2O.Ru/c3*2-1-3;1-2;;;/h;;;;2*1H2;/q;;;-1;;;+1. The van der Waals surface area contributed by atoms with Crippen molar-refractivity contribution >= 4 is 0 Å². The van der Waals surface area contributed by atoms with Crippen molar-refractivity contribution < 1.29 is 37.7 Å². The van der Waals surface area contributed by atoms with Gasteiger partial charge in [0.25, 0.3) is 0 Å². The number of hydrogen-bond donors (Lipinski definition) is 0. The SMILES string of the molecule is O.O.O=[N][Ru]([N+](=O)[O-])([N+](=O)[O-])[N+](=O)[O-]. The zero-order valence-corrected chi connectivity index (χ0v) is 7.74. The van der Waals surface area contributed by atoms with E-state index in [1.54, 1.807) is 0 Å². The first-order valence-electron chi connectivity index (χ1n) is 1.91. The summed E-state index contributed by atoms with van der Waals surface area (Å²) in [6.07, 6.45) is 0. The molecule has 0 amide bonds. The van der Waals surface area contributed by atoms with Crippen molar-refractivity contribution in [2.75, 3.05) is 0 Å². The van der Waals surface area contributed by atoms with Gasteiger partial charge in [0.1, 0.15) is 0 Å². The van der Waals surface area contributed by atoms with Crippen molar-refractivity contribution in [3.63, 3.8) is 0 Å². The van der Waals surface area contributed by atoms with Gasteiger partial charge in [-0.1, -0.05) is 0 Å². The van der Waals surface area contributed by atoms with Crippen molar-refractivity contribution in [2.45, 2.75) is 0 Å². The molecule has 0 heterocycles. The van der Waals surface area contributed by atoms with Crippen LogP contribution in [0.1, 0.15) is 0 Å². The fourth-order valence-corrected chi connectivity index (χ4v) is 1.25. The van der Waals surface area contributed by atoms with E-state index in [1.807, 2.05) is 0 Å². The Labute approximate surface area is 77.6 Å². The Morgan fingerprint density at radius 1 is 0.857 bits per heavy atom. The molecule has 13 nitrogen and oxygen atoms in total. The monoisotopic (exact) mass is 306 g/mol. The van der Waals surface area contributed by atoms with E-state index in [2.05, 4.69) is 0 Å². The van der Waals surface area contributed by atoms with Crippen molar-refractivity contribution in [1.29, 1.82) is 0 Å². The zero-order valence-electron chi connectivity index (χ0n) is 6.00. The van der Waals surface area contributed by atoms with Crippen LogP contribution in [0.2, 0.25) is 0 Å². The maximum atomic E-state index is 9.84. The fraction of sp³-hybridized carbons (Fsp3) is 0. The predicted molar refractivity (Wildman–Crippen MR) is 34.0 cm³/mol. The third-order valence-corrected chi connectivity index (χ3v) is 3.59. The molecule has 86 valence electrons. The van der Waals surface area contributed by atoms with Crippen LogP contribution in [-0.2, 0) is 15.7 Å². The van der Waals surface area contributed by atoms with Gasteiger partial charge in [-0.3, -0.25) is 0 Å². The van der Waals surface area contributed by atoms with Crippen LogP contribution < -0.4 is 0 Å². The molecule has 0 bridgehead atoms. The molecule has 14 heteroatoms. The first-order valence-corrected chi connectivity index (χ1v) is 5.02. The maximum absolute atomic E-state index is 9.84. The second kappa shape index (κ2) is 5.90. The number of nitroso groups, excluding NO2 is 1. The van der Waals surface area contributed by atoms with E-state index >= 15 is 0 Å². The van der Waals surface area contributed by atoms with Gasteiger partial charge in [-0.2, -0.15) is 0 Å². The van der Waals surface area contributed by atoms with Crippen LogP contribution in [0.3, 0.4) is 0 Å². The number of rotatable bonds is 4. The predicted octanol–water partition coefficient (Wildman–Crippen LogP) is -2.25. The summed E-state index contributed by atoms with van der Waals surface area (Å²) in [5.74, 6) is 0. The van der Waals surface area contributed by atoms with Gasteiger partial charge in [0.2, 0.25) is 0 Å². The topological polar surface area (TPSA) is 222 Å². The van der Waals surface area contributed by atoms with E-state index in [4.69, 9.17) is 0 Å². The summed E-state index contributed by atoms with van der Waals surface area (Å²) in [5, 5.41) is 29.5. The number of nitrogens with zero attached hydrogens (tertiary/aromatic N) is 4. The van der Waals surface area contributed by atoms with Crippen LogP contribution in [0.15, 0.2) is 3.92 Å². The van der Waals surface area contributed by atoms with Crippen LogP contribution in [0.5, 0.6) is 0 Å². The first kappa shape index (κ1) is 18.2. The molecular formula is H4N4O9Ru. The van der Waals surface area contributed by atoms with Crippen LogP contribution in [0, 0.1) is 35.3 Å². The fourth-order valence-electron chi connectivity index (χ4n) is 0.212. The molecule has 0 aromatic rings. The molecule has 0 aliphatic carbocycles. The molecule has 0 saturated carbocycles. The molecule has 0 aliphatic heterocycles. The van der Waals surface area contributed by atoms with Crippen molar-refractivity contribution in [3.8, 4) is 0 Å². The van der Waals surface area contributed by atoms with Crippen LogP contribution in [-0.4, -0.2) is 22.0 Å². The van der Waals surface area contributed by atoms with Crippen molar-refractivity contribution in [1.82, 2.24) is 0 Å². The molecule has 0 atom stereocenters. The summed E-state index contributed by atoms with van der Waals surface area (Å²) in [5.41, 5.74) is 0. The Morgan fingerprint density at radius 2 is 1.07 bits per heavy atom. The van der Waals surface area contributed by atoms with Gasteiger partial charge in [0.15, 0.2) is 0 Å². The molecule has 0 aromatic carbocycles. The molecule has 0 spiro atoms. The average molecular weight is 305 g/mol. The van der Waals surface area contributed by atoms with Gasteiger partial charge in [-0.05, 0) is 0 Å². The minimum absolute atomic E-state index is 0. The molecule has 0 aromatic heterocycles. The molecule has 14 heavy (non-hydrogen) atoms. The van der Waals surface area contributed by atoms with Gasteiger partial charge < -0.3 is 11.0 Å². The third-order valence-electron chi connectivity index (χ3n) is 0.606. The van der Waals surface area contributed by atoms with Gasteiger partial charge >= 0.3 is 65.9 Å². The Hall–Kier alpha value is -1.66. The Bertz CT molecular complexity index is 221. The van der Waals surface area contributed by atoms with Crippen molar-refractivity contribution in [2.24, 2.45) is 3.92 Å². The van der Waals surface area contributed by atoms with E-state index in [0.717, 1.165) is 0 Å². The first-order chi connectivity index (χ1) is 5.39. The summed E-state index contributed by atoms with van der Waals surface area (Å²) < 4.78 is -4.01. The van der Waals surface area contributed by atoms with Crippen LogP contribution in [0.25, 0.3) is 0 Å². The summed E-state index contributed by atoms with van der Waals surface area (Å²) in [6.45, 7) is 0. The molecule has 0 saturated heterocycles. The van der Waals surface area contributed by atoms with Gasteiger partial charge in [0.05, 0.1) is 0 Å². The van der Waals surface area contributed by atoms with Gasteiger partial charge in [0, 0.05) is 0 Å². The minimum atomic E-state index is -6.11. The van der Waals surface area contributed by atoms with Crippen LogP contribution >= 0.6 is 0 Å². The molecule has 0 unspecified atom stereocenters. The summed E-state index contributed by atoms with van der Waals surface area (Å²) in [6, 6.07) is 0. The summed E-state index contributed by atoms with van der Waals surface area (Å²) >= 11 is -6.11. The summed E-state index contributed by atoms with van der Waals surface area (Å²) in [7, 11) is 0. The molecule has 0 rings (SSSR count). The van der Waals surface area contributed by atoms with E-state index in [9.17, 15) is 35.3 Å². The molecule has 0 radical (unpaired) electrons. The second-order valence-corrected chi connectivity index (χ2v) is 5.41. The van der Waals surface area contributed by atoms with E-state index < -0.39 is 26.7 Å². The van der Waals surface area contributed by atoms with E-state index in [-0.39, 0.29) is 11.0 Å². The van der Waals surface area contributed by atoms with E-state index in [1.165, 1.54) is 3.92 Å². The molecular weight excluding hydrogens is 301 g/mol. The molecule has 4 N–H and O–H groups in total. The van der Waals surface area contributed by atoms with Gasteiger partial charge in [-0.25, -0.2) is 0 Å². The normalized spacial score (nSPS) is 10.0. The summed E-state index contributed by atoms with van der Waals surface area (Å²) in [4.78, 5) is 39.2. The zero-order chi connectivity index (χ0) is 9.94. The molecule has 0 fully saturated rings. The Kier molecular flexibility index (Phi) is 7.67. The average Bonchev–Trinajstić information content (AvgIpc) is 1.86. The number of hydrogen-bond acceptors (Lipinski definition) is 8. The molecule has 0 aliphatic rings. The number of nitro groups is 3. The van der Waals surface area contributed by atoms with Crippen molar-refractivity contribution in [3.05, 3.63) is 35.3 Å². The van der Waals surface area contributed by atoms with E-state index in [0.29, 0.717) is 0 Å². The second-order valence-electron chi connectivity index (χ2n) is 1.10. The Morgan fingerprint density at radius 3 is 1.07 bits per heavy atom.